The summed E-state index contributed by atoms with van der Waals surface area (Å²) in [7, 11) is 2.08. The standard InChI is InChI=1S/C22H29N5O2/c1-26-13-19(14-26)25-18-6-8-23-21(10-18)22(29)24-11-20(28)15-27-9-7-16-4-2-3-5-17(16)12-27/h2-6,8,10,19-20,28H,7,9,11-15H2,1H3,(H,23,25)(H,24,29). The molecule has 3 N–H and O–H groups in total. The van der Waals surface area contributed by atoms with Gasteiger partial charge in [0.15, 0.2) is 0 Å². The highest BCUT2D eigenvalue weighted by atomic mass is 16.3. The molecule has 0 radical (unpaired) electrons. The molecule has 1 amide bonds. The van der Waals surface area contributed by atoms with Crippen LogP contribution in [-0.4, -0.2) is 77.7 Å². The summed E-state index contributed by atoms with van der Waals surface area (Å²) in [4.78, 5) is 21.1. The third-order valence-corrected chi connectivity index (χ3v) is 5.60. The lowest BCUT2D eigenvalue weighted by Gasteiger charge is -2.37. The lowest BCUT2D eigenvalue weighted by molar-refractivity contribution is 0.0838. The van der Waals surface area contributed by atoms with Crippen LogP contribution in [-0.2, 0) is 13.0 Å². The normalized spacial score (nSPS) is 18.6. The molecule has 1 unspecified atom stereocenters. The number of β-amino-alcohol motifs (C(OH)–C–C–N with tert-alkyl or cyclic N) is 1. The van der Waals surface area contributed by atoms with Gasteiger partial charge in [0.05, 0.1) is 12.1 Å². The SMILES string of the molecule is CN1CC(Nc2ccnc(C(=O)NCC(O)CN3CCc4ccccc4C3)c2)C1. The number of pyridine rings is 1. The van der Waals surface area contributed by atoms with Crippen molar-refractivity contribution in [3.05, 3.63) is 59.4 Å². The van der Waals surface area contributed by atoms with Crippen LogP contribution in [0.25, 0.3) is 0 Å². The smallest absolute Gasteiger partial charge is 0.270 e. The number of anilines is 1. The van der Waals surface area contributed by atoms with Crippen LogP contribution in [0.5, 0.6) is 0 Å². The summed E-state index contributed by atoms with van der Waals surface area (Å²) in [6, 6.07) is 12.5. The van der Waals surface area contributed by atoms with E-state index in [4.69, 9.17) is 0 Å². The quantitative estimate of drug-likeness (QED) is 0.648. The zero-order valence-electron chi connectivity index (χ0n) is 16.8. The van der Waals surface area contributed by atoms with E-state index in [1.165, 1.54) is 11.1 Å². The number of hydrogen-bond acceptors (Lipinski definition) is 6. The molecule has 0 aliphatic carbocycles. The van der Waals surface area contributed by atoms with Crippen molar-refractivity contribution in [2.45, 2.75) is 25.1 Å². The largest absolute Gasteiger partial charge is 0.390 e. The van der Waals surface area contributed by atoms with E-state index in [9.17, 15) is 9.90 Å². The predicted octanol–water partition coefficient (Wildman–Crippen LogP) is 0.957. The van der Waals surface area contributed by atoms with E-state index in [-0.39, 0.29) is 12.5 Å². The summed E-state index contributed by atoms with van der Waals surface area (Å²) in [6.45, 7) is 4.51. The highest BCUT2D eigenvalue weighted by Gasteiger charge is 2.23. The van der Waals surface area contributed by atoms with Crippen molar-refractivity contribution in [3.8, 4) is 0 Å². The second-order valence-electron chi connectivity index (χ2n) is 8.11. The lowest BCUT2D eigenvalue weighted by Crippen LogP contribution is -2.52. The first-order chi connectivity index (χ1) is 14.1. The summed E-state index contributed by atoms with van der Waals surface area (Å²) >= 11 is 0. The molecule has 7 heteroatoms. The average Bonchev–Trinajstić information content (AvgIpc) is 2.71. The number of aliphatic hydroxyl groups excluding tert-OH is 1. The number of fused-ring (bicyclic) bond motifs is 1. The van der Waals surface area contributed by atoms with Gasteiger partial charge in [-0.1, -0.05) is 24.3 Å². The fourth-order valence-electron chi connectivity index (χ4n) is 4.04. The Morgan fingerprint density at radius 2 is 2.07 bits per heavy atom. The van der Waals surface area contributed by atoms with Crippen molar-refractivity contribution in [2.24, 2.45) is 0 Å². The molecule has 0 saturated carbocycles. The number of rotatable bonds is 7. The van der Waals surface area contributed by atoms with E-state index in [1.807, 2.05) is 6.07 Å². The minimum absolute atomic E-state index is 0.212. The Morgan fingerprint density at radius 3 is 2.86 bits per heavy atom. The predicted molar refractivity (Wildman–Crippen MR) is 113 cm³/mol. The Morgan fingerprint density at radius 1 is 1.28 bits per heavy atom. The van der Waals surface area contributed by atoms with Gasteiger partial charge in [-0.2, -0.15) is 0 Å². The molecule has 154 valence electrons. The zero-order valence-corrected chi connectivity index (χ0v) is 16.8. The van der Waals surface area contributed by atoms with Gasteiger partial charge >= 0.3 is 0 Å². The molecule has 1 atom stereocenters. The van der Waals surface area contributed by atoms with E-state index in [1.54, 1.807) is 12.3 Å². The Bertz CT molecular complexity index is 853. The first-order valence-corrected chi connectivity index (χ1v) is 10.2. The number of carbonyl (C=O) groups is 1. The second kappa shape index (κ2) is 8.90. The highest BCUT2D eigenvalue weighted by Crippen LogP contribution is 2.18. The van der Waals surface area contributed by atoms with Crippen molar-refractivity contribution in [1.82, 2.24) is 20.1 Å². The van der Waals surface area contributed by atoms with Gasteiger partial charge in [0.1, 0.15) is 5.69 Å². The minimum Gasteiger partial charge on any atom is -0.390 e. The summed E-state index contributed by atoms with van der Waals surface area (Å²) < 4.78 is 0. The molecule has 2 aromatic rings. The van der Waals surface area contributed by atoms with Crippen LogP contribution in [0.2, 0.25) is 0 Å². The molecular formula is C22H29N5O2. The number of carbonyl (C=O) groups excluding carboxylic acids is 1. The molecule has 0 spiro atoms. The fraction of sp³-hybridized carbons (Fsp3) is 0.455. The third kappa shape index (κ3) is 5.12. The monoisotopic (exact) mass is 395 g/mol. The van der Waals surface area contributed by atoms with Gasteiger partial charge < -0.3 is 20.6 Å². The van der Waals surface area contributed by atoms with Crippen LogP contribution in [0.4, 0.5) is 5.69 Å². The first kappa shape index (κ1) is 19.8. The molecular weight excluding hydrogens is 366 g/mol. The number of amides is 1. The topological polar surface area (TPSA) is 80.7 Å². The van der Waals surface area contributed by atoms with Crippen LogP contribution in [0.1, 0.15) is 21.6 Å². The highest BCUT2D eigenvalue weighted by molar-refractivity contribution is 5.93. The average molecular weight is 396 g/mol. The van der Waals surface area contributed by atoms with Gasteiger partial charge in [0.25, 0.3) is 5.91 Å². The van der Waals surface area contributed by atoms with Gasteiger partial charge in [-0.3, -0.25) is 14.7 Å². The fourth-order valence-corrected chi connectivity index (χ4v) is 4.04. The zero-order chi connectivity index (χ0) is 20.2. The molecule has 0 bridgehead atoms. The molecule has 1 fully saturated rings. The molecule has 29 heavy (non-hydrogen) atoms. The Hall–Kier alpha value is -2.48. The molecule has 4 rings (SSSR count). The van der Waals surface area contributed by atoms with Gasteiger partial charge in [-0.25, -0.2) is 0 Å². The van der Waals surface area contributed by atoms with Gasteiger partial charge in [0, 0.05) is 51.2 Å². The molecule has 3 heterocycles. The van der Waals surface area contributed by atoms with Crippen LogP contribution in [0, 0.1) is 0 Å². The van der Waals surface area contributed by atoms with Crippen LogP contribution in [0.3, 0.4) is 0 Å². The van der Waals surface area contributed by atoms with Gasteiger partial charge in [0.2, 0.25) is 0 Å². The maximum absolute atomic E-state index is 12.4. The number of likely N-dealkylation sites (N-methyl/N-ethyl adjacent to an activating group) is 1. The first-order valence-electron chi connectivity index (χ1n) is 10.2. The number of likely N-dealkylation sites (tertiary alicyclic amines) is 1. The molecule has 1 aromatic heterocycles. The van der Waals surface area contributed by atoms with Crippen molar-refractivity contribution in [1.29, 1.82) is 0 Å². The van der Waals surface area contributed by atoms with Gasteiger partial charge in [-0.05, 0) is 36.7 Å². The van der Waals surface area contributed by atoms with E-state index in [2.05, 4.69) is 56.7 Å². The Balaban J connectivity index is 1.24. The van der Waals surface area contributed by atoms with Gasteiger partial charge in [-0.15, -0.1) is 0 Å². The maximum Gasteiger partial charge on any atom is 0.270 e. The molecule has 7 nitrogen and oxygen atoms in total. The number of nitrogens with one attached hydrogen (secondary N) is 2. The molecule has 2 aliphatic rings. The number of aromatic nitrogens is 1. The summed E-state index contributed by atoms with van der Waals surface area (Å²) in [5.74, 6) is -0.262. The number of nitrogens with zero attached hydrogens (tertiary/aromatic N) is 3. The van der Waals surface area contributed by atoms with Crippen LogP contribution >= 0.6 is 0 Å². The minimum atomic E-state index is -0.615. The van der Waals surface area contributed by atoms with Crippen LogP contribution < -0.4 is 10.6 Å². The molecule has 1 saturated heterocycles. The van der Waals surface area contributed by atoms with E-state index in [0.717, 1.165) is 38.3 Å². The van der Waals surface area contributed by atoms with E-state index in [0.29, 0.717) is 18.3 Å². The number of benzene rings is 1. The number of hydrogen-bond donors (Lipinski definition) is 3. The summed E-state index contributed by atoms with van der Waals surface area (Å²) in [6.07, 6.45) is 2.02. The summed E-state index contributed by atoms with van der Waals surface area (Å²) in [5.41, 5.74) is 3.97. The number of aliphatic hydroxyl groups is 1. The second-order valence-corrected chi connectivity index (χ2v) is 8.11. The summed E-state index contributed by atoms with van der Waals surface area (Å²) in [5, 5.41) is 16.6. The molecule has 1 aromatic carbocycles. The van der Waals surface area contributed by atoms with Crippen LogP contribution in [0.15, 0.2) is 42.6 Å². The maximum atomic E-state index is 12.4. The van der Waals surface area contributed by atoms with Crippen molar-refractivity contribution in [2.75, 3.05) is 45.1 Å². The lowest BCUT2D eigenvalue weighted by atomic mass is 10.00. The van der Waals surface area contributed by atoms with E-state index >= 15 is 0 Å². The molecule has 2 aliphatic heterocycles. The van der Waals surface area contributed by atoms with Crippen molar-refractivity contribution < 1.29 is 9.90 Å². The van der Waals surface area contributed by atoms with Crippen molar-refractivity contribution in [3.63, 3.8) is 0 Å². The van der Waals surface area contributed by atoms with E-state index < -0.39 is 6.10 Å². The Labute approximate surface area is 171 Å². The third-order valence-electron chi connectivity index (χ3n) is 5.60. The van der Waals surface area contributed by atoms with Crippen molar-refractivity contribution >= 4 is 11.6 Å². The Kier molecular flexibility index (Phi) is 6.08.